The molecule has 108 valence electrons. The third-order valence-electron chi connectivity index (χ3n) is 2.90. The van der Waals surface area contributed by atoms with E-state index in [1.165, 1.54) is 25.1 Å². The molecule has 0 radical (unpaired) electrons. The van der Waals surface area contributed by atoms with Gasteiger partial charge in [0.1, 0.15) is 17.1 Å². The summed E-state index contributed by atoms with van der Waals surface area (Å²) in [7, 11) is 0. The zero-order chi connectivity index (χ0) is 15.6. The Kier molecular flexibility index (Phi) is 3.89. The molecule has 0 aliphatic carbocycles. The number of carbonyl (C=O) groups is 2. The van der Waals surface area contributed by atoms with Crippen molar-refractivity contribution in [2.45, 2.75) is 6.92 Å². The van der Waals surface area contributed by atoms with Crippen molar-refractivity contribution in [3.63, 3.8) is 0 Å². The predicted octanol–water partition coefficient (Wildman–Crippen LogP) is 2.79. The predicted molar refractivity (Wildman–Crippen MR) is 74.2 cm³/mol. The molecule has 0 saturated heterocycles. The van der Waals surface area contributed by atoms with Crippen molar-refractivity contribution in [3.05, 3.63) is 58.9 Å². The van der Waals surface area contributed by atoms with Crippen LogP contribution in [0.2, 0.25) is 0 Å². The fourth-order valence-corrected chi connectivity index (χ4v) is 1.82. The zero-order valence-electron chi connectivity index (χ0n) is 11.1. The lowest BCUT2D eigenvalue weighted by molar-refractivity contribution is 0.0693. The molecule has 0 spiro atoms. The summed E-state index contributed by atoms with van der Waals surface area (Å²) < 4.78 is 12.8. The van der Waals surface area contributed by atoms with Crippen LogP contribution in [0.25, 0.3) is 0 Å². The lowest BCUT2D eigenvalue weighted by Gasteiger charge is -2.09. The number of carboxylic acid groups (broad SMARTS) is 1. The van der Waals surface area contributed by atoms with Crippen LogP contribution in [-0.2, 0) is 0 Å². The minimum absolute atomic E-state index is 0.233. The van der Waals surface area contributed by atoms with Crippen molar-refractivity contribution in [3.8, 4) is 5.75 Å². The van der Waals surface area contributed by atoms with Crippen molar-refractivity contribution < 1.29 is 24.2 Å². The van der Waals surface area contributed by atoms with Gasteiger partial charge in [-0.05, 0) is 48.9 Å². The molecule has 2 rings (SSSR count). The minimum Gasteiger partial charge on any atom is -0.507 e. The van der Waals surface area contributed by atoms with Crippen LogP contribution in [0.1, 0.15) is 26.3 Å². The summed E-state index contributed by atoms with van der Waals surface area (Å²) in [5.74, 6) is -2.60. The van der Waals surface area contributed by atoms with Crippen molar-refractivity contribution in [1.29, 1.82) is 0 Å². The number of aryl methyl sites for hydroxylation is 1. The van der Waals surface area contributed by atoms with Gasteiger partial charge in [0.05, 0.1) is 0 Å². The van der Waals surface area contributed by atoms with Crippen molar-refractivity contribution in [1.82, 2.24) is 0 Å². The van der Waals surface area contributed by atoms with Crippen molar-refractivity contribution >= 4 is 17.6 Å². The second-order valence-electron chi connectivity index (χ2n) is 4.46. The first-order valence-electron chi connectivity index (χ1n) is 6.02. The smallest absolute Gasteiger partial charge is 0.339 e. The van der Waals surface area contributed by atoms with E-state index in [9.17, 15) is 19.1 Å². The summed E-state index contributed by atoms with van der Waals surface area (Å²) >= 11 is 0. The molecule has 3 N–H and O–H groups in total. The highest BCUT2D eigenvalue weighted by molar-refractivity contribution is 6.05. The first-order chi connectivity index (χ1) is 9.88. The van der Waals surface area contributed by atoms with Crippen LogP contribution in [0.5, 0.6) is 5.75 Å². The van der Waals surface area contributed by atoms with Crippen LogP contribution >= 0.6 is 0 Å². The number of nitrogens with one attached hydrogen (secondary N) is 1. The molecule has 21 heavy (non-hydrogen) atoms. The molecule has 6 heteroatoms. The third kappa shape index (κ3) is 3.17. The largest absolute Gasteiger partial charge is 0.507 e. The van der Waals surface area contributed by atoms with Crippen LogP contribution < -0.4 is 5.32 Å². The van der Waals surface area contributed by atoms with E-state index in [1.54, 1.807) is 0 Å². The van der Waals surface area contributed by atoms with E-state index >= 15 is 0 Å². The number of carbonyl (C=O) groups excluding carboxylic acids is 1. The second kappa shape index (κ2) is 5.62. The van der Waals surface area contributed by atoms with Crippen LogP contribution in [-0.4, -0.2) is 22.1 Å². The molecule has 1 amide bonds. The fourth-order valence-electron chi connectivity index (χ4n) is 1.82. The molecule has 0 heterocycles. The van der Waals surface area contributed by atoms with Crippen molar-refractivity contribution in [2.75, 3.05) is 5.32 Å². The number of aromatic carboxylic acids is 1. The maximum Gasteiger partial charge on any atom is 0.339 e. The number of halogens is 1. The molecule has 0 bridgehead atoms. The second-order valence-corrected chi connectivity index (χ2v) is 4.46. The summed E-state index contributed by atoms with van der Waals surface area (Å²) in [5, 5.41) is 21.1. The molecule has 0 unspecified atom stereocenters. The van der Waals surface area contributed by atoms with E-state index < -0.39 is 17.7 Å². The number of phenols is 1. The molecule has 2 aromatic carbocycles. The summed E-state index contributed by atoms with van der Waals surface area (Å²) in [6.45, 7) is 1.52. The average molecular weight is 289 g/mol. The zero-order valence-corrected chi connectivity index (χ0v) is 11.1. The lowest BCUT2D eigenvalue weighted by Crippen LogP contribution is -2.12. The Hall–Kier alpha value is -2.89. The lowest BCUT2D eigenvalue weighted by atomic mass is 10.1. The maximum absolute atomic E-state index is 12.8. The molecule has 0 aromatic heterocycles. The summed E-state index contributed by atoms with van der Waals surface area (Å²) in [4.78, 5) is 23.0. The Morgan fingerprint density at radius 2 is 1.76 bits per heavy atom. The Morgan fingerprint density at radius 3 is 2.33 bits per heavy atom. The molecule has 0 saturated carbocycles. The van der Waals surface area contributed by atoms with Gasteiger partial charge in [-0.25, -0.2) is 9.18 Å². The fraction of sp³-hybridized carbons (Fsp3) is 0.0667. The van der Waals surface area contributed by atoms with Gasteiger partial charge in [-0.1, -0.05) is 0 Å². The number of hydrogen-bond donors (Lipinski definition) is 3. The van der Waals surface area contributed by atoms with E-state index in [1.807, 2.05) is 0 Å². The number of amides is 1. The van der Waals surface area contributed by atoms with Crippen LogP contribution in [0.3, 0.4) is 0 Å². The Morgan fingerprint density at radius 1 is 1.14 bits per heavy atom. The van der Waals surface area contributed by atoms with Gasteiger partial charge in [-0.15, -0.1) is 0 Å². The first-order valence-corrected chi connectivity index (χ1v) is 6.02. The summed E-state index contributed by atoms with van der Waals surface area (Å²) in [5.41, 5.74) is 0.491. The van der Waals surface area contributed by atoms with Crippen LogP contribution in [0.15, 0.2) is 36.4 Å². The van der Waals surface area contributed by atoms with E-state index in [-0.39, 0.29) is 22.6 Å². The van der Waals surface area contributed by atoms with Gasteiger partial charge in [0.25, 0.3) is 5.91 Å². The molecule has 5 nitrogen and oxygen atoms in total. The van der Waals surface area contributed by atoms with E-state index in [2.05, 4.69) is 5.32 Å². The normalized spacial score (nSPS) is 10.2. The van der Waals surface area contributed by atoms with E-state index in [0.29, 0.717) is 5.56 Å². The average Bonchev–Trinajstić information content (AvgIpc) is 2.43. The van der Waals surface area contributed by atoms with Crippen molar-refractivity contribution in [2.24, 2.45) is 0 Å². The molecule has 0 aliphatic heterocycles. The van der Waals surface area contributed by atoms with Crippen LogP contribution in [0.4, 0.5) is 10.1 Å². The van der Waals surface area contributed by atoms with Gasteiger partial charge >= 0.3 is 5.97 Å². The monoisotopic (exact) mass is 289 g/mol. The maximum atomic E-state index is 12.8. The topological polar surface area (TPSA) is 86.6 Å². The SMILES string of the molecule is Cc1cc(NC(=O)c2ccc(F)cc2)cc(C(=O)O)c1O. The quantitative estimate of drug-likeness (QED) is 0.758. The molecule has 0 aliphatic rings. The number of benzene rings is 2. The highest BCUT2D eigenvalue weighted by Gasteiger charge is 2.15. The van der Waals surface area contributed by atoms with Gasteiger partial charge < -0.3 is 15.5 Å². The number of anilines is 1. The van der Waals surface area contributed by atoms with Gasteiger partial charge in [-0.2, -0.15) is 0 Å². The molecule has 0 atom stereocenters. The van der Waals surface area contributed by atoms with Gasteiger partial charge in [0, 0.05) is 11.3 Å². The molecule has 2 aromatic rings. The Labute approximate surface area is 119 Å². The van der Waals surface area contributed by atoms with E-state index in [4.69, 9.17) is 5.11 Å². The highest BCUT2D eigenvalue weighted by Crippen LogP contribution is 2.26. The van der Waals surface area contributed by atoms with Crippen LogP contribution in [0, 0.1) is 12.7 Å². The Balaban J connectivity index is 2.29. The first kappa shape index (κ1) is 14.5. The van der Waals surface area contributed by atoms with E-state index in [0.717, 1.165) is 18.2 Å². The third-order valence-corrected chi connectivity index (χ3v) is 2.90. The molecular weight excluding hydrogens is 277 g/mol. The Bertz CT molecular complexity index is 710. The van der Waals surface area contributed by atoms with Gasteiger partial charge in [-0.3, -0.25) is 4.79 Å². The number of rotatable bonds is 3. The number of aromatic hydroxyl groups is 1. The summed E-state index contributed by atoms with van der Waals surface area (Å²) in [6.07, 6.45) is 0. The number of hydrogen-bond acceptors (Lipinski definition) is 3. The van der Waals surface area contributed by atoms with Gasteiger partial charge in [0.15, 0.2) is 0 Å². The summed E-state index contributed by atoms with van der Waals surface area (Å²) in [6, 6.07) is 7.54. The minimum atomic E-state index is -1.30. The molecule has 0 fully saturated rings. The molecular formula is C15H12FNO4. The standard InChI is InChI=1S/C15H12FNO4/c1-8-6-11(7-12(13(8)18)15(20)21)17-14(19)9-2-4-10(16)5-3-9/h2-7,18H,1H3,(H,17,19)(H,20,21). The highest BCUT2D eigenvalue weighted by atomic mass is 19.1. The number of carboxylic acids is 1. The van der Waals surface area contributed by atoms with Gasteiger partial charge in [0.2, 0.25) is 0 Å².